The van der Waals surface area contributed by atoms with Crippen LogP contribution in [0.4, 0.5) is 4.39 Å². The lowest BCUT2D eigenvalue weighted by Gasteiger charge is -2.25. The molecule has 9 heteroatoms. The van der Waals surface area contributed by atoms with E-state index in [1.165, 1.54) is 19.6 Å². The fourth-order valence-corrected chi connectivity index (χ4v) is 2.69. The molecule has 3 amide bonds. The number of carbonyl (C=O) groups is 3. The molecular formula is C20H22FN3O5. The van der Waals surface area contributed by atoms with Gasteiger partial charge in [0.15, 0.2) is 6.04 Å². The van der Waals surface area contributed by atoms with E-state index in [9.17, 15) is 18.8 Å². The number of rotatable bonds is 8. The van der Waals surface area contributed by atoms with Gasteiger partial charge in [-0.05, 0) is 35.4 Å². The van der Waals surface area contributed by atoms with Gasteiger partial charge in [-0.1, -0.05) is 24.3 Å². The van der Waals surface area contributed by atoms with Crippen molar-refractivity contribution in [3.8, 4) is 16.9 Å². The zero-order chi connectivity index (χ0) is 21.4. The number of carbonyl (C=O) groups excluding carboxylic acids is 3. The van der Waals surface area contributed by atoms with E-state index in [1.54, 1.807) is 36.4 Å². The van der Waals surface area contributed by atoms with Gasteiger partial charge in [0.1, 0.15) is 19.0 Å². The quantitative estimate of drug-likeness (QED) is 0.351. The van der Waals surface area contributed by atoms with Crippen molar-refractivity contribution in [2.45, 2.75) is 6.04 Å². The van der Waals surface area contributed by atoms with Gasteiger partial charge in [-0.2, -0.15) is 0 Å². The molecule has 0 aromatic heterocycles. The van der Waals surface area contributed by atoms with Crippen LogP contribution in [0.3, 0.4) is 0 Å². The molecule has 0 radical (unpaired) electrons. The zero-order valence-corrected chi connectivity index (χ0v) is 16.0. The number of likely N-dealkylation sites (N-methyl/N-ethyl adjacent to an activating group) is 2. The Kier molecular flexibility index (Phi) is 7.67. The van der Waals surface area contributed by atoms with Crippen LogP contribution in [0, 0.1) is 0 Å². The maximum atomic E-state index is 12.7. The molecule has 0 bridgehead atoms. The number of ether oxygens (including phenoxy) is 1. The Labute approximate surface area is 167 Å². The first-order valence-corrected chi connectivity index (χ1v) is 8.75. The van der Waals surface area contributed by atoms with Crippen LogP contribution in [0.2, 0.25) is 0 Å². The second-order valence-corrected chi connectivity index (χ2v) is 6.05. The summed E-state index contributed by atoms with van der Waals surface area (Å²) in [6.07, 6.45) is 0. The number of benzene rings is 2. The molecule has 0 heterocycles. The van der Waals surface area contributed by atoms with Gasteiger partial charge in [-0.25, -0.2) is 9.87 Å². The molecule has 154 valence electrons. The highest BCUT2D eigenvalue weighted by molar-refractivity contribution is 6.08. The van der Waals surface area contributed by atoms with Crippen molar-refractivity contribution in [1.29, 1.82) is 0 Å². The smallest absolute Gasteiger partial charge is 0.275 e. The largest absolute Gasteiger partial charge is 0.491 e. The van der Waals surface area contributed by atoms with E-state index < -0.39 is 30.4 Å². The first kappa shape index (κ1) is 21.8. The van der Waals surface area contributed by atoms with Crippen molar-refractivity contribution < 1.29 is 28.7 Å². The van der Waals surface area contributed by atoms with Gasteiger partial charge in [-0.15, -0.1) is 0 Å². The van der Waals surface area contributed by atoms with Crippen LogP contribution in [-0.2, 0) is 9.59 Å². The summed E-state index contributed by atoms with van der Waals surface area (Å²) in [6.45, 7) is -0.568. The molecule has 3 N–H and O–H groups in total. The highest BCUT2D eigenvalue weighted by atomic mass is 19.1. The van der Waals surface area contributed by atoms with E-state index in [0.717, 1.165) is 16.0 Å². The Morgan fingerprint density at radius 2 is 1.59 bits per heavy atom. The number of hydrogen-bond acceptors (Lipinski definition) is 5. The number of nitrogens with one attached hydrogen (secondary N) is 2. The summed E-state index contributed by atoms with van der Waals surface area (Å²) >= 11 is 0. The van der Waals surface area contributed by atoms with Crippen LogP contribution >= 0.6 is 0 Å². The van der Waals surface area contributed by atoms with Gasteiger partial charge < -0.3 is 15.0 Å². The number of halogens is 1. The van der Waals surface area contributed by atoms with E-state index >= 15 is 0 Å². The average molecular weight is 403 g/mol. The molecule has 29 heavy (non-hydrogen) atoms. The van der Waals surface area contributed by atoms with Crippen LogP contribution in [-0.4, -0.2) is 61.2 Å². The SMILES string of the molecule is CNC(=O)C(C(=O)NO)N(C)C(=O)c1ccc(-c2ccc(OCCF)cc2)cc1. The second kappa shape index (κ2) is 10.2. The molecule has 0 fully saturated rings. The van der Waals surface area contributed by atoms with Gasteiger partial charge in [0.2, 0.25) is 0 Å². The summed E-state index contributed by atoms with van der Waals surface area (Å²) in [7, 11) is 2.61. The molecule has 8 nitrogen and oxygen atoms in total. The molecule has 1 atom stereocenters. The van der Waals surface area contributed by atoms with Crippen LogP contribution < -0.4 is 15.5 Å². The molecule has 2 aromatic rings. The van der Waals surface area contributed by atoms with Gasteiger partial charge in [-0.3, -0.25) is 19.6 Å². The van der Waals surface area contributed by atoms with Crippen molar-refractivity contribution in [3.05, 3.63) is 54.1 Å². The van der Waals surface area contributed by atoms with Gasteiger partial charge in [0.25, 0.3) is 17.7 Å². The van der Waals surface area contributed by atoms with Crippen LogP contribution in [0.15, 0.2) is 48.5 Å². The minimum atomic E-state index is -1.52. The predicted octanol–water partition coefficient (Wildman–Crippen LogP) is 1.39. The van der Waals surface area contributed by atoms with E-state index in [-0.39, 0.29) is 12.2 Å². The third-order valence-corrected chi connectivity index (χ3v) is 4.23. The molecule has 0 spiro atoms. The number of nitrogens with zero attached hydrogens (tertiary/aromatic N) is 1. The normalized spacial score (nSPS) is 11.3. The van der Waals surface area contributed by atoms with Gasteiger partial charge in [0.05, 0.1) is 0 Å². The predicted molar refractivity (Wildman–Crippen MR) is 103 cm³/mol. The standard InChI is InChI=1S/C20H22FN3O5/c1-22-18(25)17(19(26)23-28)24(2)20(27)15-5-3-13(4-6-15)14-7-9-16(10-8-14)29-12-11-21/h3-10,17,28H,11-12H2,1-2H3,(H,22,25)(H,23,26). The molecule has 0 saturated carbocycles. The Bertz CT molecular complexity index is 839. The topological polar surface area (TPSA) is 108 Å². The monoisotopic (exact) mass is 403 g/mol. The Morgan fingerprint density at radius 3 is 2.07 bits per heavy atom. The lowest BCUT2D eigenvalue weighted by molar-refractivity contribution is -0.140. The maximum absolute atomic E-state index is 12.7. The van der Waals surface area contributed by atoms with Crippen molar-refractivity contribution in [3.63, 3.8) is 0 Å². The zero-order valence-electron chi connectivity index (χ0n) is 16.0. The Balaban J connectivity index is 2.17. The van der Waals surface area contributed by atoms with E-state index in [1.807, 2.05) is 12.1 Å². The van der Waals surface area contributed by atoms with Crippen molar-refractivity contribution in [1.82, 2.24) is 15.7 Å². The minimum absolute atomic E-state index is 0.00494. The number of alkyl halides is 1. The van der Waals surface area contributed by atoms with Crippen molar-refractivity contribution >= 4 is 17.7 Å². The minimum Gasteiger partial charge on any atom is -0.491 e. The molecule has 0 aliphatic carbocycles. The average Bonchev–Trinajstić information content (AvgIpc) is 2.77. The van der Waals surface area contributed by atoms with E-state index in [4.69, 9.17) is 9.94 Å². The first-order valence-electron chi connectivity index (χ1n) is 8.75. The number of hydroxylamine groups is 1. The lowest BCUT2D eigenvalue weighted by Crippen LogP contribution is -2.54. The van der Waals surface area contributed by atoms with Crippen LogP contribution in [0.1, 0.15) is 10.4 Å². The maximum Gasteiger partial charge on any atom is 0.275 e. The lowest BCUT2D eigenvalue weighted by atomic mass is 10.0. The van der Waals surface area contributed by atoms with Crippen molar-refractivity contribution in [2.75, 3.05) is 27.4 Å². The Morgan fingerprint density at radius 1 is 1.03 bits per heavy atom. The third-order valence-electron chi connectivity index (χ3n) is 4.23. The van der Waals surface area contributed by atoms with E-state index in [0.29, 0.717) is 5.75 Å². The molecular weight excluding hydrogens is 381 g/mol. The fraction of sp³-hybridized carbons (Fsp3) is 0.250. The van der Waals surface area contributed by atoms with E-state index in [2.05, 4.69) is 5.32 Å². The summed E-state index contributed by atoms with van der Waals surface area (Å²) in [5, 5.41) is 11.1. The summed E-state index contributed by atoms with van der Waals surface area (Å²) in [5.74, 6) is -1.77. The molecule has 2 aromatic carbocycles. The summed E-state index contributed by atoms with van der Waals surface area (Å²) in [5.41, 5.74) is 3.35. The highest BCUT2D eigenvalue weighted by Gasteiger charge is 2.33. The van der Waals surface area contributed by atoms with Crippen molar-refractivity contribution in [2.24, 2.45) is 0 Å². The van der Waals surface area contributed by atoms with Crippen LogP contribution in [0.25, 0.3) is 11.1 Å². The number of amides is 3. The molecule has 2 rings (SSSR count). The highest BCUT2D eigenvalue weighted by Crippen LogP contribution is 2.23. The van der Waals surface area contributed by atoms with Gasteiger partial charge in [0, 0.05) is 19.7 Å². The van der Waals surface area contributed by atoms with Gasteiger partial charge >= 0.3 is 0 Å². The fourth-order valence-electron chi connectivity index (χ4n) is 2.69. The Hall–Kier alpha value is -3.46. The molecule has 0 aliphatic rings. The summed E-state index contributed by atoms with van der Waals surface area (Å²) in [6, 6.07) is 12.1. The summed E-state index contributed by atoms with van der Waals surface area (Å²) < 4.78 is 17.3. The molecule has 0 aliphatic heterocycles. The van der Waals surface area contributed by atoms with Crippen LogP contribution in [0.5, 0.6) is 5.75 Å². The molecule has 0 saturated heterocycles. The molecule has 1 unspecified atom stereocenters. The third kappa shape index (κ3) is 5.29. The first-order chi connectivity index (χ1) is 13.9. The number of hydrogen-bond donors (Lipinski definition) is 3. The second-order valence-electron chi connectivity index (χ2n) is 6.05. The summed E-state index contributed by atoms with van der Waals surface area (Å²) in [4.78, 5) is 37.3.